The Balaban J connectivity index is 1.40. The van der Waals surface area contributed by atoms with E-state index in [-0.39, 0.29) is 17.6 Å². The second-order valence-corrected chi connectivity index (χ2v) is 7.99. The van der Waals surface area contributed by atoms with Crippen molar-refractivity contribution in [3.63, 3.8) is 0 Å². The molecule has 0 saturated carbocycles. The summed E-state index contributed by atoms with van der Waals surface area (Å²) in [5.74, 6) is -0.134. The molecule has 4 N–H and O–H groups in total. The van der Waals surface area contributed by atoms with Crippen LogP contribution in [-0.4, -0.2) is 29.0 Å². The van der Waals surface area contributed by atoms with Gasteiger partial charge in [0.15, 0.2) is 11.5 Å². The molecule has 0 radical (unpaired) electrons. The molecule has 0 fully saturated rings. The van der Waals surface area contributed by atoms with Gasteiger partial charge in [-0.2, -0.15) is 0 Å². The Morgan fingerprint density at radius 2 is 1.77 bits per heavy atom. The monoisotopic (exact) mass is 466 g/mol. The summed E-state index contributed by atoms with van der Waals surface area (Å²) in [6.45, 7) is 0.303. The first kappa shape index (κ1) is 22.0. The number of carbonyl (C=O) groups excluding carboxylic acids is 2. The van der Waals surface area contributed by atoms with Crippen LogP contribution in [0.25, 0.3) is 11.1 Å². The zero-order valence-electron chi connectivity index (χ0n) is 18.8. The molecule has 2 heterocycles. The molecular weight excluding hydrogens is 444 g/mol. The highest BCUT2D eigenvalue weighted by Gasteiger charge is 2.21. The van der Waals surface area contributed by atoms with E-state index in [0.717, 1.165) is 16.8 Å². The van der Waals surface area contributed by atoms with Gasteiger partial charge in [-0.05, 0) is 65.7 Å². The number of hydrogen-bond acceptors (Lipinski definition) is 6. The molecule has 35 heavy (non-hydrogen) atoms. The molecule has 1 aliphatic heterocycles. The molecule has 1 aliphatic rings. The van der Waals surface area contributed by atoms with Gasteiger partial charge in [-0.3, -0.25) is 14.6 Å². The van der Waals surface area contributed by atoms with Crippen LogP contribution in [0.3, 0.4) is 0 Å². The number of methoxy groups -OCH3 is 1. The van der Waals surface area contributed by atoms with Crippen LogP contribution in [0.15, 0.2) is 79.0 Å². The van der Waals surface area contributed by atoms with Crippen molar-refractivity contribution in [2.45, 2.75) is 6.54 Å². The van der Waals surface area contributed by atoms with Gasteiger partial charge in [0.25, 0.3) is 11.8 Å². The molecule has 8 nitrogen and oxygen atoms in total. The third-order valence-corrected chi connectivity index (χ3v) is 5.73. The second-order valence-electron chi connectivity index (χ2n) is 7.99. The lowest BCUT2D eigenvalue weighted by Gasteiger charge is -2.12. The number of anilines is 3. The number of rotatable bonds is 5. The largest absolute Gasteiger partial charge is 0.504 e. The fourth-order valence-electron chi connectivity index (χ4n) is 3.89. The quantitative estimate of drug-likeness (QED) is 0.339. The number of pyridine rings is 1. The normalized spacial score (nSPS) is 11.9. The highest BCUT2D eigenvalue weighted by molar-refractivity contribution is 6.13. The minimum absolute atomic E-state index is 0.0531. The summed E-state index contributed by atoms with van der Waals surface area (Å²) in [5, 5.41) is 18.9. The van der Waals surface area contributed by atoms with Gasteiger partial charge >= 0.3 is 0 Å². The maximum Gasteiger partial charge on any atom is 0.257 e. The SMILES string of the molecule is COc1cc(-c2ccc3c(c2)Nc2ccc(C(=O)NCc4ccccn4)cc2NC3=O)ccc1O. The van der Waals surface area contributed by atoms with Crippen molar-refractivity contribution in [3.05, 3.63) is 95.8 Å². The third kappa shape index (κ3) is 4.49. The molecule has 0 spiro atoms. The van der Waals surface area contributed by atoms with E-state index >= 15 is 0 Å². The number of nitrogens with zero attached hydrogens (tertiary/aromatic N) is 1. The van der Waals surface area contributed by atoms with Gasteiger partial charge in [0, 0.05) is 11.8 Å². The van der Waals surface area contributed by atoms with E-state index in [2.05, 4.69) is 20.9 Å². The van der Waals surface area contributed by atoms with E-state index < -0.39 is 0 Å². The summed E-state index contributed by atoms with van der Waals surface area (Å²) in [7, 11) is 1.49. The first-order valence-corrected chi connectivity index (χ1v) is 10.9. The first-order valence-electron chi connectivity index (χ1n) is 10.9. The van der Waals surface area contributed by atoms with Gasteiger partial charge in [0.1, 0.15) is 0 Å². The summed E-state index contributed by atoms with van der Waals surface area (Å²) in [6, 6.07) is 21.1. The number of hydrogen-bond donors (Lipinski definition) is 4. The lowest BCUT2D eigenvalue weighted by molar-refractivity contribution is 0.0949. The van der Waals surface area contributed by atoms with Crippen LogP contribution in [0, 0.1) is 0 Å². The highest BCUT2D eigenvalue weighted by Crippen LogP contribution is 2.37. The highest BCUT2D eigenvalue weighted by atomic mass is 16.5. The van der Waals surface area contributed by atoms with E-state index in [9.17, 15) is 14.7 Å². The lowest BCUT2D eigenvalue weighted by Crippen LogP contribution is -2.23. The van der Waals surface area contributed by atoms with Gasteiger partial charge in [-0.25, -0.2) is 0 Å². The predicted molar refractivity (Wildman–Crippen MR) is 133 cm³/mol. The Bertz CT molecular complexity index is 1440. The molecule has 0 saturated heterocycles. The zero-order chi connectivity index (χ0) is 24.4. The Hall–Kier alpha value is -4.85. The van der Waals surface area contributed by atoms with Crippen LogP contribution in [0.1, 0.15) is 26.4 Å². The van der Waals surface area contributed by atoms with Crippen molar-refractivity contribution in [3.8, 4) is 22.6 Å². The number of ether oxygens (including phenoxy) is 1. The molecule has 2 amide bonds. The van der Waals surface area contributed by atoms with E-state index in [1.165, 1.54) is 7.11 Å². The average Bonchev–Trinajstić information content (AvgIpc) is 3.02. The number of nitrogens with one attached hydrogen (secondary N) is 3. The minimum Gasteiger partial charge on any atom is -0.504 e. The van der Waals surface area contributed by atoms with Gasteiger partial charge in [0.2, 0.25) is 0 Å². The zero-order valence-corrected chi connectivity index (χ0v) is 18.8. The van der Waals surface area contributed by atoms with Crippen molar-refractivity contribution in [1.29, 1.82) is 0 Å². The molecule has 3 aromatic carbocycles. The van der Waals surface area contributed by atoms with E-state index in [0.29, 0.717) is 40.5 Å². The van der Waals surface area contributed by atoms with Crippen molar-refractivity contribution >= 4 is 28.9 Å². The molecular formula is C27H22N4O4. The van der Waals surface area contributed by atoms with E-state index in [1.54, 1.807) is 48.7 Å². The summed E-state index contributed by atoms with van der Waals surface area (Å²) < 4.78 is 5.21. The van der Waals surface area contributed by atoms with E-state index in [1.807, 2.05) is 30.3 Å². The number of aromatic nitrogens is 1. The van der Waals surface area contributed by atoms with Gasteiger partial charge < -0.3 is 25.8 Å². The maximum atomic E-state index is 12.9. The van der Waals surface area contributed by atoms with Gasteiger partial charge in [-0.1, -0.05) is 18.2 Å². The number of phenols is 1. The summed E-state index contributed by atoms with van der Waals surface area (Å²) in [6.07, 6.45) is 1.67. The topological polar surface area (TPSA) is 113 Å². The maximum absolute atomic E-state index is 12.9. The number of carbonyl (C=O) groups is 2. The third-order valence-electron chi connectivity index (χ3n) is 5.73. The molecule has 4 aromatic rings. The van der Waals surface area contributed by atoms with Crippen LogP contribution in [-0.2, 0) is 6.54 Å². The Kier molecular flexibility index (Phi) is 5.76. The Labute approximate surface area is 201 Å². The summed E-state index contributed by atoms with van der Waals surface area (Å²) >= 11 is 0. The van der Waals surface area contributed by atoms with Crippen molar-refractivity contribution in [1.82, 2.24) is 10.3 Å². The number of fused-ring (bicyclic) bond motifs is 2. The van der Waals surface area contributed by atoms with Crippen molar-refractivity contribution in [2.75, 3.05) is 17.7 Å². The molecule has 0 bridgehead atoms. The summed E-state index contributed by atoms with van der Waals surface area (Å²) in [4.78, 5) is 29.8. The van der Waals surface area contributed by atoms with Crippen LogP contribution >= 0.6 is 0 Å². The van der Waals surface area contributed by atoms with Crippen molar-refractivity contribution < 1.29 is 19.4 Å². The lowest BCUT2D eigenvalue weighted by atomic mass is 10.0. The predicted octanol–water partition coefficient (Wildman–Crippen LogP) is 4.70. The molecule has 174 valence electrons. The first-order chi connectivity index (χ1) is 17.0. The van der Waals surface area contributed by atoms with E-state index in [4.69, 9.17) is 4.74 Å². The molecule has 8 heteroatoms. The number of aromatic hydroxyl groups is 1. The fraction of sp³-hybridized carbons (Fsp3) is 0.0741. The second kappa shape index (κ2) is 9.18. The Morgan fingerprint density at radius 1 is 0.943 bits per heavy atom. The van der Waals surface area contributed by atoms with Crippen LogP contribution in [0.4, 0.5) is 17.1 Å². The van der Waals surface area contributed by atoms with Gasteiger partial charge in [0.05, 0.1) is 42.0 Å². The summed E-state index contributed by atoms with van der Waals surface area (Å²) in [5.41, 5.74) is 5.11. The average molecular weight is 466 g/mol. The molecule has 5 rings (SSSR count). The molecule has 0 atom stereocenters. The number of amides is 2. The minimum atomic E-state index is -0.285. The Morgan fingerprint density at radius 3 is 2.57 bits per heavy atom. The standard InChI is InChI=1S/C27H22N4O4/c1-35-25-14-17(7-10-24(25)32)16-5-8-20-22(12-16)30-21-9-6-18(13-23(21)31-27(20)34)26(33)29-15-19-4-2-3-11-28-19/h2-14,30,32H,15H2,1H3,(H,29,33)(H,31,34). The van der Waals surface area contributed by atoms with Crippen LogP contribution in [0.5, 0.6) is 11.5 Å². The van der Waals surface area contributed by atoms with Gasteiger partial charge in [-0.15, -0.1) is 0 Å². The fourth-order valence-corrected chi connectivity index (χ4v) is 3.89. The molecule has 0 unspecified atom stereocenters. The molecule has 1 aromatic heterocycles. The number of phenolic OH excluding ortho intramolecular Hbond substituents is 1. The molecule has 0 aliphatic carbocycles. The van der Waals surface area contributed by atoms with Crippen LogP contribution < -0.4 is 20.7 Å². The van der Waals surface area contributed by atoms with Crippen molar-refractivity contribution in [2.24, 2.45) is 0 Å². The number of benzene rings is 3. The van der Waals surface area contributed by atoms with Crippen LogP contribution in [0.2, 0.25) is 0 Å². The smallest absolute Gasteiger partial charge is 0.257 e.